The number of anilines is 2. The smallest absolute Gasteiger partial charge is 0.255 e. The van der Waals surface area contributed by atoms with Gasteiger partial charge in [0.1, 0.15) is 5.52 Å². The zero-order valence-corrected chi connectivity index (χ0v) is 13.3. The molecule has 1 heterocycles. The van der Waals surface area contributed by atoms with Crippen molar-refractivity contribution in [3.05, 3.63) is 52.5 Å². The molecule has 0 spiro atoms. The standard InChI is InChI=1S/C15H13ClN4OS/c1-8-3-2-4-9(5-8)14(21)18-10-6-11(16)13-12(7-10)22-15(19-13)20-17/h2-7H,17H2,1H3,(H,18,21)(H,19,20). The molecule has 3 aromatic rings. The van der Waals surface area contributed by atoms with Crippen LogP contribution < -0.4 is 16.6 Å². The second-order valence-electron chi connectivity index (χ2n) is 4.79. The Morgan fingerprint density at radius 2 is 2.14 bits per heavy atom. The molecule has 5 nitrogen and oxygen atoms in total. The van der Waals surface area contributed by atoms with Gasteiger partial charge in [0.25, 0.3) is 5.91 Å². The molecule has 0 radical (unpaired) electrons. The van der Waals surface area contributed by atoms with Crippen LogP contribution in [-0.4, -0.2) is 10.9 Å². The number of nitrogens with two attached hydrogens (primary N) is 1. The highest BCUT2D eigenvalue weighted by Gasteiger charge is 2.11. The van der Waals surface area contributed by atoms with Gasteiger partial charge in [0.2, 0.25) is 0 Å². The maximum atomic E-state index is 12.3. The summed E-state index contributed by atoms with van der Waals surface area (Å²) in [6, 6.07) is 10.9. The first kappa shape index (κ1) is 14.8. The zero-order valence-electron chi connectivity index (χ0n) is 11.7. The van der Waals surface area contributed by atoms with E-state index in [1.807, 2.05) is 31.2 Å². The normalized spacial score (nSPS) is 10.7. The lowest BCUT2D eigenvalue weighted by molar-refractivity contribution is 0.102. The summed E-state index contributed by atoms with van der Waals surface area (Å²) in [5, 5.41) is 3.89. The number of hydrazine groups is 1. The van der Waals surface area contributed by atoms with Gasteiger partial charge < -0.3 is 5.32 Å². The fourth-order valence-corrected chi connectivity index (χ4v) is 3.27. The molecule has 0 saturated carbocycles. The summed E-state index contributed by atoms with van der Waals surface area (Å²) in [5.74, 6) is 5.18. The summed E-state index contributed by atoms with van der Waals surface area (Å²) in [6.45, 7) is 1.94. The van der Waals surface area contributed by atoms with E-state index in [4.69, 9.17) is 17.4 Å². The van der Waals surface area contributed by atoms with E-state index < -0.39 is 0 Å². The van der Waals surface area contributed by atoms with Crippen molar-refractivity contribution in [3.63, 3.8) is 0 Å². The summed E-state index contributed by atoms with van der Waals surface area (Å²) in [6.07, 6.45) is 0. The van der Waals surface area contributed by atoms with Gasteiger partial charge in [-0.25, -0.2) is 10.8 Å². The van der Waals surface area contributed by atoms with Gasteiger partial charge in [-0.1, -0.05) is 40.6 Å². The van der Waals surface area contributed by atoms with E-state index in [0.717, 1.165) is 10.3 Å². The van der Waals surface area contributed by atoms with E-state index in [9.17, 15) is 4.79 Å². The Morgan fingerprint density at radius 1 is 1.32 bits per heavy atom. The average molecular weight is 333 g/mol. The lowest BCUT2D eigenvalue weighted by Gasteiger charge is -2.06. The van der Waals surface area contributed by atoms with Crippen LogP contribution in [0.5, 0.6) is 0 Å². The first-order valence-electron chi connectivity index (χ1n) is 6.51. The van der Waals surface area contributed by atoms with Crippen LogP contribution in [0.1, 0.15) is 15.9 Å². The molecule has 0 aliphatic heterocycles. The van der Waals surface area contributed by atoms with Crippen LogP contribution in [0.25, 0.3) is 10.2 Å². The molecule has 112 valence electrons. The topological polar surface area (TPSA) is 80.0 Å². The molecule has 0 fully saturated rings. The number of fused-ring (bicyclic) bond motifs is 1. The van der Waals surface area contributed by atoms with Gasteiger partial charge in [-0.15, -0.1) is 0 Å². The van der Waals surface area contributed by atoms with Gasteiger partial charge >= 0.3 is 0 Å². The first-order chi connectivity index (χ1) is 10.6. The van der Waals surface area contributed by atoms with Gasteiger partial charge in [-0.3, -0.25) is 10.2 Å². The van der Waals surface area contributed by atoms with E-state index in [2.05, 4.69) is 15.7 Å². The highest BCUT2D eigenvalue weighted by Crippen LogP contribution is 2.33. The third-order valence-corrected chi connectivity index (χ3v) is 4.33. The summed E-state index contributed by atoms with van der Waals surface area (Å²) < 4.78 is 0.847. The van der Waals surface area contributed by atoms with Gasteiger partial charge in [-0.2, -0.15) is 0 Å². The molecule has 7 heteroatoms. The highest BCUT2D eigenvalue weighted by molar-refractivity contribution is 7.22. The van der Waals surface area contributed by atoms with Crippen LogP contribution in [0.15, 0.2) is 36.4 Å². The predicted octanol–water partition coefficient (Wildman–Crippen LogP) is 3.80. The number of nitrogens with zero attached hydrogens (tertiary/aromatic N) is 1. The number of thiazole rings is 1. The van der Waals surface area contributed by atoms with Crippen molar-refractivity contribution in [2.45, 2.75) is 6.92 Å². The van der Waals surface area contributed by atoms with Crippen LogP contribution in [0.3, 0.4) is 0 Å². The van der Waals surface area contributed by atoms with E-state index in [1.54, 1.807) is 12.1 Å². The van der Waals surface area contributed by atoms with Crippen molar-refractivity contribution in [1.29, 1.82) is 0 Å². The van der Waals surface area contributed by atoms with E-state index in [0.29, 0.717) is 26.9 Å². The second kappa shape index (κ2) is 5.92. The molecular formula is C15H13ClN4OS. The van der Waals surface area contributed by atoms with E-state index in [-0.39, 0.29) is 5.91 Å². The Balaban J connectivity index is 1.92. The fraction of sp³-hybridized carbons (Fsp3) is 0.0667. The number of nitrogens with one attached hydrogen (secondary N) is 2. The number of aryl methyl sites for hydroxylation is 1. The molecule has 0 unspecified atom stereocenters. The maximum Gasteiger partial charge on any atom is 0.255 e. The van der Waals surface area contributed by atoms with Crippen molar-refractivity contribution < 1.29 is 4.79 Å². The minimum absolute atomic E-state index is 0.180. The number of aromatic nitrogens is 1. The van der Waals surface area contributed by atoms with Crippen molar-refractivity contribution in [3.8, 4) is 0 Å². The Kier molecular flexibility index (Phi) is 3.98. The van der Waals surface area contributed by atoms with Crippen molar-refractivity contribution in [2.24, 2.45) is 5.84 Å². The number of amides is 1. The Labute approximate surface area is 136 Å². The Hall–Kier alpha value is -2.15. The number of carbonyl (C=O) groups is 1. The quantitative estimate of drug-likeness (QED) is 0.503. The van der Waals surface area contributed by atoms with Gasteiger partial charge in [0, 0.05) is 11.3 Å². The Bertz CT molecular complexity index is 862. The molecule has 0 atom stereocenters. The number of hydrogen-bond acceptors (Lipinski definition) is 5. The summed E-state index contributed by atoms with van der Waals surface area (Å²) in [5.41, 5.74) is 5.41. The molecule has 22 heavy (non-hydrogen) atoms. The fourth-order valence-electron chi connectivity index (χ4n) is 2.11. The van der Waals surface area contributed by atoms with Gasteiger partial charge in [0.15, 0.2) is 5.13 Å². The van der Waals surface area contributed by atoms with Crippen LogP contribution in [0, 0.1) is 6.92 Å². The Morgan fingerprint density at radius 3 is 2.86 bits per heavy atom. The molecule has 4 N–H and O–H groups in total. The number of nitrogen functional groups attached to an aromatic ring is 1. The molecule has 0 saturated heterocycles. The number of rotatable bonds is 3. The monoisotopic (exact) mass is 332 g/mol. The summed E-state index contributed by atoms with van der Waals surface area (Å²) in [4.78, 5) is 16.5. The largest absolute Gasteiger partial charge is 0.322 e. The molecular weight excluding hydrogens is 320 g/mol. The first-order valence-corrected chi connectivity index (χ1v) is 7.71. The SMILES string of the molecule is Cc1cccc(C(=O)Nc2cc(Cl)c3nc(NN)sc3c2)c1. The van der Waals surface area contributed by atoms with E-state index >= 15 is 0 Å². The third kappa shape index (κ3) is 2.89. The van der Waals surface area contributed by atoms with Gasteiger partial charge in [-0.05, 0) is 31.2 Å². The number of benzene rings is 2. The zero-order chi connectivity index (χ0) is 15.7. The third-order valence-electron chi connectivity index (χ3n) is 3.11. The summed E-state index contributed by atoms with van der Waals surface area (Å²) >= 11 is 7.58. The average Bonchev–Trinajstić information content (AvgIpc) is 2.91. The molecule has 3 rings (SSSR count). The molecule has 0 aliphatic carbocycles. The minimum Gasteiger partial charge on any atom is -0.322 e. The molecule has 1 amide bonds. The van der Waals surface area contributed by atoms with E-state index in [1.165, 1.54) is 11.3 Å². The molecule has 0 bridgehead atoms. The molecule has 2 aromatic carbocycles. The highest BCUT2D eigenvalue weighted by atomic mass is 35.5. The van der Waals surface area contributed by atoms with Gasteiger partial charge in [0.05, 0.1) is 9.72 Å². The van der Waals surface area contributed by atoms with Crippen LogP contribution in [0.4, 0.5) is 10.8 Å². The summed E-state index contributed by atoms with van der Waals surface area (Å²) in [7, 11) is 0. The van der Waals surface area contributed by atoms with Crippen molar-refractivity contribution in [2.75, 3.05) is 10.7 Å². The lowest BCUT2D eigenvalue weighted by atomic mass is 10.1. The minimum atomic E-state index is -0.180. The molecule has 1 aromatic heterocycles. The number of hydrogen-bond donors (Lipinski definition) is 3. The van der Waals surface area contributed by atoms with Crippen LogP contribution in [-0.2, 0) is 0 Å². The van der Waals surface area contributed by atoms with Crippen molar-refractivity contribution >= 4 is 49.9 Å². The molecule has 0 aliphatic rings. The predicted molar refractivity (Wildman–Crippen MR) is 91.6 cm³/mol. The second-order valence-corrected chi connectivity index (χ2v) is 6.23. The number of halogens is 1. The number of carbonyl (C=O) groups excluding carboxylic acids is 1. The van der Waals surface area contributed by atoms with Crippen molar-refractivity contribution in [1.82, 2.24) is 4.98 Å². The van der Waals surface area contributed by atoms with Crippen LogP contribution >= 0.6 is 22.9 Å². The van der Waals surface area contributed by atoms with Crippen LogP contribution in [0.2, 0.25) is 5.02 Å². The maximum absolute atomic E-state index is 12.3. The lowest BCUT2D eigenvalue weighted by Crippen LogP contribution is -2.11.